The number of aromatic nitrogens is 2. The van der Waals surface area contributed by atoms with E-state index in [2.05, 4.69) is 10.3 Å². The predicted octanol–water partition coefficient (Wildman–Crippen LogP) is 0.140. The number of piperidine rings is 1. The van der Waals surface area contributed by atoms with Crippen molar-refractivity contribution < 1.29 is 17.9 Å². The summed E-state index contributed by atoms with van der Waals surface area (Å²) in [4.78, 5) is 39.8. The molecule has 1 amide bonds. The van der Waals surface area contributed by atoms with Gasteiger partial charge < -0.3 is 15.0 Å². The van der Waals surface area contributed by atoms with Crippen LogP contribution in [-0.4, -0.2) is 55.3 Å². The number of amides is 1. The largest absolute Gasteiger partial charge is 0.497 e. The van der Waals surface area contributed by atoms with E-state index >= 15 is 0 Å². The van der Waals surface area contributed by atoms with E-state index in [0.29, 0.717) is 25.8 Å². The van der Waals surface area contributed by atoms with E-state index in [1.165, 1.54) is 6.92 Å². The summed E-state index contributed by atoms with van der Waals surface area (Å²) in [7, 11) is -2.55. The van der Waals surface area contributed by atoms with Crippen LogP contribution in [0.3, 0.4) is 0 Å². The highest BCUT2D eigenvalue weighted by molar-refractivity contribution is 7.89. The molecule has 0 spiro atoms. The van der Waals surface area contributed by atoms with E-state index in [4.69, 9.17) is 4.74 Å². The number of carbonyl (C=O) groups is 1. The molecule has 0 saturated carbocycles. The van der Waals surface area contributed by atoms with Gasteiger partial charge in [0.1, 0.15) is 5.75 Å². The molecule has 1 saturated heterocycles. The molecule has 2 aromatic rings. The minimum atomic E-state index is -4.15. The molecule has 0 radical (unpaired) electrons. The first-order chi connectivity index (χ1) is 14.7. The highest BCUT2D eigenvalue weighted by Crippen LogP contribution is 2.23. The number of rotatable bonds is 7. The summed E-state index contributed by atoms with van der Waals surface area (Å²) in [6.45, 7) is 1.97. The topological polar surface area (TPSA) is 141 Å². The second-order valence-corrected chi connectivity index (χ2v) is 9.33. The first kappa shape index (κ1) is 22.8. The molecule has 1 atom stereocenters. The molecule has 1 unspecified atom stereocenters. The summed E-state index contributed by atoms with van der Waals surface area (Å²) in [6.07, 6.45) is 1.69. The Morgan fingerprint density at radius 2 is 1.94 bits per heavy atom. The molecule has 1 aromatic carbocycles. The van der Waals surface area contributed by atoms with E-state index in [-0.39, 0.29) is 24.7 Å². The zero-order valence-corrected chi connectivity index (χ0v) is 18.3. The lowest BCUT2D eigenvalue weighted by atomic mass is 9.99. The Morgan fingerprint density at radius 1 is 1.23 bits per heavy atom. The Balaban J connectivity index is 1.63. The molecule has 10 nitrogen and oxygen atoms in total. The number of hydrogen-bond acceptors (Lipinski definition) is 6. The molecule has 2 heterocycles. The third-order valence-corrected chi connectivity index (χ3v) is 7.32. The van der Waals surface area contributed by atoms with Crippen LogP contribution >= 0.6 is 0 Å². The molecule has 1 aromatic heterocycles. The lowest BCUT2D eigenvalue weighted by molar-refractivity contribution is -0.126. The number of hydrogen-bond donors (Lipinski definition) is 3. The highest BCUT2D eigenvalue weighted by Gasteiger charge is 2.35. The van der Waals surface area contributed by atoms with Gasteiger partial charge in [-0.1, -0.05) is 12.1 Å². The van der Waals surface area contributed by atoms with Crippen molar-refractivity contribution in [2.24, 2.45) is 5.92 Å². The number of H-pyrrole nitrogens is 2. The van der Waals surface area contributed by atoms with Crippen molar-refractivity contribution in [3.63, 3.8) is 0 Å². The van der Waals surface area contributed by atoms with Crippen molar-refractivity contribution in [1.29, 1.82) is 0 Å². The third kappa shape index (κ3) is 5.23. The predicted molar refractivity (Wildman–Crippen MR) is 114 cm³/mol. The fourth-order valence-corrected chi connectivity index (χ4v) is 5.40. The second-order valence-electron chi connectivity index (χ2n) is 7.45. The summed E-state index contributed by atoms with van der Waals surface area (Å²) in [5.41, 5.74) is -0.719. The summed E-state index contributed by atoms with van der Waals surface area (Å²) in [5, 5.41) is 2.86. The van der Waals surface area contributed by atoms with Gasteiger partial charge in [0.2, 0.25) is 15.9 Å². The summed E-state index contributed by atoms with van der Waals surface area (Å²) in [5.74, 6) is 0.0231. The maximum atomic E-state index is 13.0. The number of nitrogens with zero attached hydrogens (tertiary/aromatic N) is 1. The smallest absolute Gasteiger partial charge is 0.325 e. The Labute approximate surface area is 179 Å². The number of carbonyl (C=O) groups excluding carboxylic acids is 1. The first-order valence-electron chi connectivity index (χ1n) is 9.96. The Hall–Kier alpha value is -2.92. The molecule has 3 N–H and O–H groups in total. The summed E-state index contributed by atoms with van der Waals surface area (Å²) >= 11 is 0. The van der Waals surface area contributed by atoms with Crippen molar-refractivity contribution in [3.05, 3.63) is 56.4 Å². The number of benzene rings is 1. The van der Waals surface area contributed by atoms with E-state index in [1.54, 1.807) is 7.11 Å². The van der Waals surface area contributed by atoms with Gasteiger partial charge in [0.25, 0.3) is 5.56 Å². The van der Waals surface area contributed by atoms with Crippen LogP contribution in [0.1, 0.15) is 24.1 Å². The lowest BCUT2D eigenvalue weighted by Crippen LogP contribution is -2.47. The zero-order chi connectivity index (χ0) is 22.6. The fourth-order valence-electron chi connectivity index (χ4n) is 3.67. The van der Waals surface area contributed by atoms with Gasteiger partial charge in [-0.2, -0.15) is 4.31 Å². The molecule has 3 rings (SSSR count). The molecular weight excluding hydrogens is 424 g/mol. The van der Waals surface area contributed by atoms with E-state index < -0.39 is 32.1 Å². The summed E-state index contributed by atoms with van der Waals surface area (Å²) in [6, 6.07) is 7.54. The van der Waals surface area contributed by atoms with Crippen molar-refractivity contribution in [3.8, 4) is 5.75 Å². The van der Waals surface area contributed by atoms with Gasteiger partial charge in [-0.25, -0.2) is 13.2 Å². The van der Waals surface area contributed by atoms with Crippen LogP contribution in [0.4, 0.5) is 0 Å². The normalized spacial score (nSPS) is 17.3. The maximum Gasteiger partial charge on any atom is 0.325 e. The third-order valence-electron chi connectivity index (χ3n) is 5.30. The number of aryl methyl sites for hydroxylation is 1. The monoisotopic (exact) mass is 450 g/mol. The molecule has 31 heavy (non-hydrogen) atoms. The first-order valence-corrected chi connectivity index (χ1v) is 11.4. The van der Waals surface area contributed by atoms with Crippen LogP contribution in [0.5, 0.6) is 5.75 Å². The van der Waals surface area contributed by atoms with Crippen LogP contribution in [0.25, 0.3) is 0 Å². The van der Waals surface area contributed by atoms with Gasteiger partial charge >= 0.3 is 5.69 Å². The molecule has 0 aliphatic carbocycles. The minimum Gasteiger partial charge on any atom is -0.497 e. The van der Waals surface area contributed by atoms with Gasteiger partial charge in [0.15, 0.2) is 4.90 Å². The Kier molecular flexibility index (Phi) is 6.96. The molecule has 0 bridgehead atoms. The molecule has 11 heteroatoms. The Bertz CT molecular complexity index is 1150. The number of sulfonamides is 1. The average molecular weight is 451 g/mol. The van der Waals surface area contributed by atoms with Crippen LogP contribution in [0.15, 0.2) is 38.8 Å². The van der Waals surface area contributed by atoms with Gasteiger partial charge in [-0.3, -0.25) is 14.6 Å². The molecule has 1 aliphatic rings. The number of aromatic amines is 2. The number of nitrogens with one attached hydrogen (secondary N) is 3. The average Bonchev–Trinajstić information content (AvgIpc) is 2.73. The van der Waals surface area contributed by atoms with Crippen molar-refractivity contribution >= 4 is 15.9 Å². The Morgan fingerprint density at radius 3 is 2.58 bits per heavy atom. The van der Waals surface area contributed by atoms with Crippen molar-refractivity contribution in [2.45, 2.75) is 31.1 Å². The van der Waals surface area contributed by atoms with E-state index in [1.807, 2.05) is 29.2 Å². The van der Waals surface area contributed by atoms with Crippen LogP contribution in [0.2, 0.25) is 0 Å². The molecule has 168 valence electrons. The fraction of sp³-hybridized carbons (Fsp3) is 0.450. The van der Waals surface area contributed by atoms with Gasteiger partial charge in [0, 0.05) is 25.3 Å². The zero-order valence-electron chi connectivity index (χ0n) is 17.4. The van der Waals surface area contributed by atoms with Crippen LogP contribution in [0, 0.1) is 12.8 Å². The van der Waals surface area contributed by atoms with Crippen LogP contribution in [-0.2, 0) is 21.2 Å². The van der Waals surface area contributed by atoms with Gasteiger partial charge in [0.05, 0.1) is 13.0 Å². The summed E-state index contributed by atoms with van der Waals surface area (Å²) < 4.78 is 32.3. The van der Waals surface area contributed by atoms with E-state index in [9.17, 15) is 22.8 Å². The highest BCUT2D eigenvalue weighted by atomic mass is 32.2. The van der Waals surface area contributed by atoms with Gasteiger partial charge in [-0.05, 0) is 43.9 Å². The number of ether oxygens (including phenoxy) is 1. The van der Waals surface area contributed by atoms with E-state index in [0.717, 1.165) is 15.6 Å². The maximum absolute atomic E-state index is 13.0. The molecular formula is C20H26N4O6S. The minimum absolute atomic E-state index is 0.0191. The molecule has 1 aliphatic heterocycles. The van der Waals surface area contributed by atoms with Gasteiger partial charge in [-0.15, -0.1) is 0 Å². The van der Waals surface area contributed by atoms with Crippen molar-refractivity contribution in [1.82, 2.24) is 19.6 Å². The SMILES string of the molecule is COc1ccc(CCNC(=O)C2CCCN(S(=O)(=O)c3c(C)[nH]c(=O)[nH]c3=O)C2)cc1. The second kappa shape index (κ2) is 9.48. The lowest BCUT2D eigenvalue weighted by Gasteiger charge is -2.31. The van der Waals surface area contributed by atoms with Crippen LogP contribution < -0.4 is 21.3 Å². The standard InChI is InChI=1S/C20H26N4O6S/c1-13-17(19(26)23-20(27)22-13)31(28,29)24-11-3-4-15(12-24)18(25)21-10-9-14-5-7-16(30-2)8-6-14/h5-8,15H,3-4,9-12H2,1-2H3,(H,21,25)(H2,22,23,26,27). The van der Waals surface area contributed by atoms with Crippen molar-refractivity contribution in [2.75, 3.05) is 26.7 Å². The molecule has 1 fully saturated rings. The number of methoxy groups -OCH3 is 1. The quantitative estimate of drug-likeness (QED) is 0.548.